The van der Waals surface area contributed by atoms with Crippen LogP contribution in [0.3, 0.4) is 0 Å². The molecular formula is C4H10BrN. The molecule has 2 heteroatoms. The van der Waals surface area contributed by atoms with Crippen LogP contribution in [-0.2, 0) is 0 Å². The Morgan fingerprint density at radius 2 is 2.33 bits per heavy atom. The molecule has 2 N–H and O–H groups in total. The van der Waals surface area contributed by atoms with Crippen molar-refractivity contribution in [2.24, 2.45) is 5.73 Å². The van der Waals surface area contributed by atoms with E-state index in [0.29, 0.717) is 6.04 Å². The van der Waals surface area contributed by atoms with Crippen molar-refractivity contribution in [1.82, 2.24) is 0 Å². The maximum Gasteiger partial charge on any atom is 0.0183 e. The number of nitrogens with two attached hydrogens (primary N) is 1. The lowest BCUT2D eigenvalue weighted by Crippen LogP contribution is -2.19. The molecule has 0 radical (unpaired) electrons. The van der Waals surface area contributed by atoms with E-state index in [-0.39, 0.29) is 0 Å². The van der Waals surface area contributed by atoms with Crippen molar-refractivity contribution in [3.05, 3.63) is 0 Å². The van der Waals surface area contributed by atoms with E-state index in [9.17, 15) is 0 Å². The number of hydrogen-bond donors (Lipinski definition) is 1. The summed E-state index contributed by atoms with van der Waals surface area (Å²) in [6.45, 7) is 2.08. The van der Waals surface area contributed by atoms with Gasteiger partial charge in [-0.2, -0.15) is 0 Å². The predicted molar refractivity (Wildman–Crippen MR) is 32.1 cm³/mol. The standard InChI is InChI=1S/C4H10BrN/c1-2-4(6)3-5/h4H,2-3,6H2,1H3/t4-/m1/s1. The van der Waals surface area contributed by atoms with E-state index in [4.69, 9.17) is 5.73 Å². The third-order valence-corrected chi connectivity index (χ3v) is 1.55. The molecule has 0 aliphatic rings. The van der Waals surface area contributed by atoms with Crippen LogP contribution in [0.5, 0.6) is 0 Å². The fraction of sp³-hybridized carbons (Fsp3) is 1.00. The molecule has 0 fully saturated rings. The zero-order valence-corrected chi connectivity index (χ0v) is 5.53. The monoisotopic (exact) mass is 151 g/mol. The van der Waals surface area contributed by atoms with Crippen LogP contribution in [0.2, 0.25) is 0 Å². The lowest BCUT2D eigenvalue weighted by molar-refractivity contribution is 0.729. The fourth-order valence-electron chi connectivity index (χ4n) is 0.109. The smallest absolute Gasteiger partial charge is 0.0183 e. The zero-order valence-electron chi connectivity index (χ0n) is 3.95. The van der Waals surface area contributed by atoms with E-state index in [1.54, 1.807) is 0 Å². The molecule has 0 bridgehead atoms. The van der Waals surface area contributed by atoms with Gasteiger partial charge in [0.25, 0.3) is 0 Å². The molecule has 0 unspecified atom stereocenters. The fourth-order valence-corrected chi connectivity index (χ4v) is 0.567. The molecule has 38 valence electrons. The minimum Gasteiger partial charge on any atom is -0.327 e. The topological polar surface area (TPSA) is 26.0 Å². The molecule has 0 aliphatic carbocycles. The summed E-state index contributed by atoms with van der Waals surface area (Å²) in [5.41, 5.74) is 5.43. The Balaban J connectivity index is 2.75. The number of alkyl halides is 1. The molecule has 0 aromatic carbocycles. The van der Waals surface area contributed by atoms with Crippen molar-refractivity contribution in [3.8, 4) is 0 Å². The van der Waals surface area contributed by atoms with Gasteiger partial charge in [-0.15, -0.1) is 0 Å². The summed E-state index contributed by atoms with van der Waals surface area (Å²) in [5, 5.41) is 0.920. The van der Waals surface area contributed by atoms with Crippen molar-refractivity contribution < 1.29 is 0 Å². The highest BCUT2D eigenvalue weighted by Crippen LogP contribution is 1.89. The number of rotatable bonds is 2. The number of halogens is 1. The Morgan fingerprint density at radius 1 is 1.83 bits per heavy atom. The summed E-state index contributed by atoms with van der Waals surface area (Å²) in [4.78, 5) is 0. The second-order valence-corrected chi connectivity index (χ2v) is 1.97. The maximum atomic E-state index is 5.43. The first kappa shape index (κ1) is 6.44. The van der Waals surface area contributed by atoms with Crippen molar-refractivity contribution in [2.45, 2.75) is 19.4 Å². The highest BCUT2D eigenvalue weighted by atomic mass is 79.9. The van der Waals surface area contributed by atoms with E-state index in [0.717, 1.165) is 11.8 Å². The van der Waals surface area contributed by atoms with Crippen molar-refractivity contribution >= 4 is 15.9 Å². The van der Waals surface area contributed by atoms with Gasteiger partial charge >= 0.3 is 0 Å². The van der Waals surface area contributed by atoms with Gasteiger partial charge < -0.3 is 5.73 Å². The Hall–Kier alpha value is 0.440. The third kappa shape index (κ3) is 2.67. The Morgan fingerprint density at radius 3 is 2.33 bits per heavy atom. The molecule has 0 aliphatic heterocycles. The molecule has 0 rings (SSSR count). The molecular weight excluding hydrogens is 142 g/mol. The van der Waals surface area contributed by atoms with Gasteiger partial charge in [0.15, 0.2) is 0 Å². The SMILES string of the molecule is CC[C@@H](N)CBr. The van der Waals surface area contributed by atoms with Gasteiger partial charge in [-0.25, -0.2) is 0 Å². The van der Waals surface area contributed by atoms with Gasteiger partial charge in [0.2, 0.25) is 0 Å². The first-order valence-corrected chi connectivity index (χ1v) is 3.25. The lowest BCUT2D eigenvalue weighted by Gasteiger charge is -1.98. The average Bonchev–Trinajstić information content (AvgIpc) is 1.65. The van der Waals surface area contributed by atoms with Crippen molar-refractivity contribution in [1.29, 1.82) is 0 Å². The Bertz CT molecular complexity index is 26.7. The predicted octanol–water partition coefficient (Wildman–Crippen LogP) is 1.12. The first-order valence-electron chi connectivity index (χ1n) is 2.12. The molecule has 0 saturated heterocycles. The Labute approximate surface area is 47.0 Å². The lowest BCUT2D eigenvalue weighted by atomic mass is 10.3. The molecule has 0 spiro atoms. The third-order valence-electron chi connectivity index (χ3n) is 0.723. The van der Waals surface area contributed by atoms with E-state index >= 15 is 0 Å². The molecule has 1 atom stereocenters. The van der Waals surface area contributed by atoms with Crippen molar-refractivity contribution in [2.75, 3.05) is 5.33 Å². The molecule has 0 heterocycles. The minimum absolute atomic E-state index is 0.352. The van der Waals surface area contributed by atoms with Crippen LogP contribution in [0.25, 0.3) is 0 Å². The first-order chi connectivity index (χ1) is 2.81. The van der Waals surface area contributed by atoms with Crippen molar-refractivity contribution in [3.63, 3.8) is 0 Å². The maximum absolute atomic E-state index is 5.43. The summed E-state index contributed by atoms with van der Waals surface area (Å²) in [6, 6.07) is 0.352. The van der Waals surface area contributed by atoms with Crippen LogP contribution in [-0.4, -0.2) is 11.4 Å². The van der Waals surface area contributed by atoms with E-state index in [1.807, 2.05) is 0 Å². The van der Waals surface area contributed by atoms with Crippen LogP contribution < -0.4 is 5.73 Å². The molecule has 0 saturated carbocycles. The largest absolute Gasteiger partial charge is 0.327 e. The van der Waals surface area contributed by atoms with Crippen LogP contribution in [0.4, 0.5) is 0 Å². The summed E-state index contributed by atoms with van der Waals surface area (Å²) < 4.78 is 0. The van der Waals surface area contributed by atoms with Gasteiger partial charge in [-0.05, 0) is 6.42 Å². The molecule has 1 nitrogen and oxygen atoms in total. The zero-order chi connectivity index (χ0) is 4.99. The highest BCUT2D eigenvalue weighted by Gasteiger charge is 1.90. The molecule has 0 amide bonds. The van der Waals surface area contributed by atoms with Gasteiger partial charge in [0, 0.05) is 11.4 Å². The summed E-state index contributed by atoms with van der Waals surface area (Å²) in [6.07, 6.45) is 1.06. The number of hydrogen-bond acceptors (Lipinski definition) is 1. The van der Waals surface area contributed by atoms with Gasteiger partial charge in [-0.3, -0.25) is 0 Å². The summed E-state index contributed by atoms with van der Waals surface area (Å²) in [7, 11) is 0. The van der Waals surface area contributed by atoms with Crippen LogP contribution in [0.1, 0.15) is 13.3 Å². The van der Waals surface area contributed by atoms with Crippen LogP contribution in [0, 0.1) is 0 Å². The second-order valence-electron chi connectivity index (χ2n) is 1.32. The van der Waals surface area contributed by atoms with Crippen LogP contribution in [0.15, 0.2) is 0 Å². The summed E-state index contributed by atoms with van der Waals surface area (Å²) in [5.74, 6) is 0. The molecule has 0 aromatic heterocycles. The average molecular weight is 152 g/mol. The van der Waals surface area contributed by atoms with Gasteiger partial charge in [0.1, 0.15) is 0 Å². The normalized spacial score (nSPS) is 14.5. The van der Waals surface area contributed by atoms with E-state index in [2.05, 4.69) is 22.9 Å². The summed E-state index contributed by atoms with van der Waals surface area (Å²) >= 11 is 3.25. The van der Waals surface area contributed by atoms with Gasteiger partial charge in [-0.1, -0.05) is 22.9 Å². The molecule has 6 heavy (non-hydrogen) atoms. The van der Waals surface area contributed by atoms with Gasteiger partial charge in [0.05, 0.1) is 0 Å². The van der Waals surface area contributed by atoms with Crippen LogP contribution >= 0.6 is 15.9 Å². The Kier molecular flexibility index (Phi) is 3.89. The van der Waals surface area contributed by atoms with E-state index in [1.165, 1.54) is 0 Å². The minimum atomic E-state index is 0.352. The quantitative estimate of drug-likeness (QED) is 0.589. The molecule has 0 aromatic rings. The highest BCUT2D eigenvalue weighted by molar-refractivity contribution is 9.09. The van der Waals surface area contributed by atoms with E-state index < -0.39 is 0 Å². The second kappa shape index (κ2) is 3.62.